The molecule has 0 amide bonds. The van der Waals surface area contributed by atoms with E-state index in [-0.39, 0.29) is 23.5 Å². The predicted molar refractivity (Wildman–Crippen MR) is 86.9 cm³/mol. The Morgan fingerprint density at radius 3 is 1.74 bits per heavy atom. The van der Waals surface area contributed by atoms with Gasteiger partial charge in [0.1, 0.15) is 0 Å². The van der Waals surface area contributed by atoms with E-state index >= 15 is 0 Å². The van der Waals surface area contributed by atoms with Gasteiger partial charge < -0.3 is 0 Å². The van der Waals surface area contributed by atoms with Crippen molar-refractivity contribution in [3.05, 3.63) is 74.6 Å². The zero-order chi connectivity index (χ0) is 15.9. The molecule has 0 saturated carbocycles. The highest BCUT2D eigenvalue weighted by Gasteiger charge is 2.53. The SMILES string of the molecule is CC1=C(C)[C@H]2[C@H]1[C@H]1C=C[C@H]2n2c(=O)n(-c3ccccc3)c(=O)n21. The fraction of sp³-hybridized carbons (Fsp3) is 0.333. The number of rotatable bonds is 1. The third-order valence-corrected chi connectivity index (χ3v) is 5.84. The van der Waals surface area contributed by atoms with Gasteiger partial charge in [0.05, 0.1) is 17.8 Å². The molecule has 0 fully saturated rings. The van der Waals surface area contributed by atoms with Gasteiger partial charge in [-0.2, -0.15) is 0 Å². The van der Waals surface area contributed by atoms with Crippen LogP contribution in [0.2, 0.25) is 0 Å². The summed E-state index contributed by atoms with van der Waals surface area (Å²) in [6, 6.07) is 9.08. The second-order valence-corrected chi connectivity index (χ2v) is 6.71. The van der Waals surface area contributed by atoms with Crippen LogP contribution in [-0.4, -0.2) is 13.9 Å². The summed E-state index contributed by atoms with van der Waals surface area (Å²) in [6.45, 7) is 4.29. The van der Waals surface area contributed by atoms with Gasteiger partial charge in [0.25, 0.3) is 0 Å². The van der Waals surface area contributed by atoms with Gasteiger partial charge in [-0.3, -0.25) is 0 Å². The van der Waals surface area contributed by atoms with E-state index < -0.39 is 0 Å². The first-order valence-corrected chi connectivity index (χ1v) is 7.98. The van der Waals surface area contributed by atoms with Crippen LogP contribution in [0.3, 0.4) is 0 Å². The van der Waals surface area contributed by atoms with Crippen molar-refractivity contribution >= 4 is 0 Å². The Labute approximate surface area is 132 Å². The molecule has 2 aromatic rings. The molecule has 116 valence electrons. The second kappa shape index (κ2) is 4.04. The van der Waals surface area contributed by atoms with Crippen molar-refractivity contribution in [2.75, 3.05) is 0 Å². The van der Waals surface area contributed by atoms with Gasteiger partial charge in [0, 0.05) is 11.8 Å². The molecule has 2 bridgehead atoms. The lowest BCUT2D eigenvalue weighted by atomic mass is 9.59. The highest BCUT2D eigenvalue weighted by molar-refractivity contribution is 5.40. The molecule has 0 saturated heterocycles. The molecule has 2 aliphatic heterocycles. The quantitative estimate of drug-likeness (QED) is 0.757. The average Bonchev–Trinajstić information content (AvgIpc) is 2.87. The van der Waals surface area contributed by atoms with E-state index in [4.69, 9.17) is 0 Å². The highest BCUT2D eigenvalue weighted by Crippen LogP contribution is 2.56. The molecular weight excluding hydrogens is 290 g/mol. The van der Waals surface area contributed by atoms with E-state index in [9.17, 15) is 9.59 Å². The third kappa shape index (κ3) is 1.34. The zero-order valence-corrected chi connectivity index (χ0v) is 13.0. The van der Waals surface area contributed by atoms with Gasteiger partial charge in [-0.05, 0) is 26.0 Å². The smallest absolute Gasteiger partial charge is 0.245 e. The lowest BCUT2D eigenvalue weighted by molar-refractivity contribution is 0.114. The Balaban J connectivity index is 1.79. The number of allylic oxidation sites excluding steroid dienone is 4. The zero-order valence-electron chi connectivity index (χ0n) is 13.0. The Kier molecular flexibility index (Phi) is 2.27. The van der Waals surface area contributed by atoms with Crippen molar-refractivity contribution in [2.24, 2.45) is 11.8 Å². The molecule has 0 radical (unpaired) electrons. The molecule has 1 aromatic heterocycles. The van der Waals surface area contributed by atoms with Gasteiger partial charge in [-0.25, -0.2) is 23.5 Å². The normalized spacial score (nSPS) is 30.2. The Morgan fingerprint density at radius 1 is 0.783 bits per heavy atom. The van der Waals surface area contributed by atoms with Gasteiger partial charge in [0.2, 0.25) is 0 Å². The van der Waals surface area contributed by atoms with Crippen molar-refractivity contribution in [2.45, 2.75) is 25.9 Å². The highest BCUT2D eigenvalue weighted by atomic mass is 16.2. The van der Waals surface area contributed by atoms with Crippen LogP contribution in [0.1, 0.15) is 25.9 Å². The van der Waals surface area contributed by atoms with Gasteiger partial charge in [-0.15, -0.1) is 0 Å². The molecular formula is C18H17N3O2. The lowest BCUT2D eigenvalue weighted by Crippen LogP contribution is -2.53. The monoisotopic (exact) mass is 307 g/mol. The molecule has 0 N–H and O–H groups in total. The molecule has 2 aliphatic carbocycles. The van der Waals surface area contributed by atoms with E-state index in [1.165, 1.54) is 15.7 Å². The van der Waals surface area contributed by atoms with Crippen LogP contribution in [0, 0.1) is 11.8 Å². The number of hydrogen-bond acceptors (Lipinski definition) is 2. The molecule has 0 unspecified atom stereocenters. The minimum atomic E-state index is -0.239. The van der Waals surface area contributed by atoms with E-state index in [1.807, 2.05) is 18.2 Å². The fourth-order valence-electron chi connectivity index (χ4n) is 4.65. The number of hydrogen-bond donors (Lipinski definition) is 0. The molecule has 4 atom stereocenters. The summed E-state index contributed by atoms with van der Waals surface area (Å²) in [5, 5.41) is 0. The molecule has 0 spiro atoms. The van der Waals surface area contributed by atoms with Gasteiger partial charge in [0.15, 0.2) is 0 Å². The molecule has 3 heterocycles. The molecule has 1 aromatic carbocycles. The van der Waals surface area contributed by atoms with Crippen molar-refractivity contribution in [1.29, 1.82) is 0 Å². The lowest BCUT2D eigenvalue weighted by Gasteiger charge is -2.53. The summed E-state index contributed by atoms with van der Waals surface area (Å²) in [5.41, 5.74) is 2.89. The minimum Gasteiger partial charge on any atom is -0.245 e. The standard InChI is InChI=1S/C18H17N3O2/c1-10-11(2)16-14-9-8-13(15(10)16)20-17(22)19(18(23)21(14)20)12-6-4-3-5-7-12/h3-9,13-16H,1-2H3/t13-,14-,15-,16-/m1/s1. The first-order chi connectivity index (χ1) is 11.1. The number of benzene rings is 1. The largest absolute Gasteiger partial charge is 0.352 e. The van der Waals surface area contributed by atoms with Crippen molar-refractivity contribution in [3.8, 4) is 5.69 Å². The van der Waals surface area contributed by atoms with Crippen LogP contribution in [-0.2, 0) is 0 Å². The van der Waals surface area contributed by atoms with E-state index in [0.29, 0.717) is 17.5 Å². The molecule has 4 aliphatic rings. The summed E-state index contributed by atoms with van der Waals surface area (Å²) in [6.07, 6.45) is 4.19. The summed E-state index contributed by atoms with van der Waals surface area (Å²) in [4.78, 5) is 25.9. The minimum absolute atomic E-state index is 0.0427. The third-order valence-electron chi connectivity index (χ3n) is 5.84. The summed E-state index contributed by atoms with van der Waals surface area (Å²) in [5.74, 6) is 0.711. The molecule has 5 nitrogen and oxygen atoms in total. The second-order valence-electron chi connectivity index (χ2n) is 6.71. The van der Waals surface area contributed by atoms with Crippen LogP contribution in [0.5, 0.6) is 0 Å². The maximum Gasteiger partial charge on any atom is 0.352 e. The number of para-hydroxylation sites is 1. The summed E-state index contributed by atoms with van der Waals surface area (Å²) in [7, 11) is 0. The topological polar surface area (TPSA) is 48.9 Å². The van der Waals surface area contributed by atoms with Crippen LogP contribution in [0.4, 0.5) is 0 Å². The van der Waals surface area contributed by atoms with Gasteiger partial charge in [-0.1, -0.05) is 41.5 Å². The predicted octanol–water partition coefficient (Wildman–Crippen LogP) is 2.05. The maximum atomic E-state index is 12.9. The fourth-order valence-corrected chi connectivity index (χ4v) is 4.65. The van der Waals surface area contributed by atoms with Crippen LogP contribution < -0.4 is 11.4 Å². The Hall–Kier alpha value is -2.56. The van der Waals surface area contributed by atoms with Crippen LogP contribution in [0.25, 0.3) is 5.69 Å². The molecule has 6 rings (SSSR count). The summed E-state index contributed by atoms with van der Waals surface area (Å²) < 4.78 is 4.62. The van der Waals surface area contributed by atoms with E-state index in [0.717, 1.165) is 0 Å². The number of aromatic nitrogens is 3. The first kappa shape index (κ1) is 12.9. The van der Waals surface area contributed by atoms with Crippen molar-refractivity contribution in [1.82, 2.24) is 13.9 Å². The summed E-state index contributed by atoms with van der Waals surface area (Å²) >= 11 is 0. The Morgan fingerprint density at radius 2 is 1.26 bits per heavy atom. The number of nitrogens with zero attached hydrogens (tertiary/aromatic N) is 3. The molecule has 5 heteroatoms. The average molecular weight is 307 g/mol. The van der Waals surface area contributed by atoms with E-state index in [2.05, 4.69) is 26.0 Å². The maximum absolute atomic E-state index is 12.9. The van der Waals surface area contributed by atoms with Gasteiger partial charge >= 0.3 is 11.4 Å². The first-order valence-electron chi connectivity index (χ1n) is 7.98. The van der Waals surface area contributed by atoms with Crippen molar-refractivity contribution < 1.29 is 0 Å². The Bertz CT molecular complexity index is 944. The van der Waals surface area contributed by atoms with Crippen LogP contribution in [0.15, 0.2) is 63.2 Å². The van der Waals surface area contributed by atoms with E-state index in [1.54, 1.807) is 21.5 Å². The molecule has 23 heavy (non-hydrogen) atoms. The van der Waals surface area contributed by atoms with Crippen molar-refractivity contribution in [3.63, 3.8) is 0 Å². The van der Waals surface area contributed by atoms with Crippen LogP contribution >= 0.6 is 0 Å².